The summed E-state index contributed by atoms with van der Waals surface area (Å²) in [4.78, 5) is 3.93. The Morgan fingerprint density at radius 3 is 2.32 bits per heavy atom. The molecule has 0 spiro atoms. The van der Waals surface area contributed by atoms with Crippen molar-refractivity contribution in [1.29, 1.82) is 0 Å². The lowest BCUT2D eigenvalue weighted by molar-refractivity contribution is 0.627. The second kappa shape index (κ2) is 6.56. The van der Waals surface area contributed by atoms with Crippen LogP contribution in [0.1, 0.15) is 5.69 Å². The van der Waals surface area contributed by atoms with Gasteiger partial charge in [-0.1, -0.05) is 0 Å². The lowest BCUT2D eigenvalue weighted by atomic mass is 10.2. The Kier molecular flexibility index (Phi) is 3.96. The average molecular weight is 334 g/mol. The molecule has 4 aromatic rings. The summed E-state index contributed by atoms with van der Waals surface area (Å²) in [6.45, 7) is 0.594. The monoisotopic (exact) mass is 334 g/mol. The Bertz CT molecular complexity index is 942. The van der Waals surface area contributed by atoms with Crippen LogP contribution in [0, 0.1) is 5.82 Å². The maximum Gasteiger partial charge on any atom is 0.138 e. The maximum absolute atomic E-state index is 13.0. The van der Waals surface area contributed by atoms with Crippen LogP contribution in [0.4, 0.5) is 10.1 Å². The quantitative estimate of drug-likeness (QED) is 0.609. The van der Waals surface area contributed by atoms with Crippen LogP contribution in [-0.4, -0.2) is 24.5 Å². The Balaban J connectivity index is 1.41. The molecule has 0 fully saturated rings. The molecule has 6 nitrogen and oxygen atoms in total. The van der Waals surface area contributed by atoms with Crippen LogP contribution in [0.15, 0.2) is 73.4 Å². The van der Waals surface area contributed by atoms with E-state index in [1.54, 1.807) is 27.8 Å². The molecule has 4 rings (SSSR count). The lowest BCUT2D eigenvalue weighted by Crippen LogP contribution is -2.02. The normalized spacial score (nSPS) is 10.8. The minimum Gasteiger partial charge on any atom is -0.379 e. The summed E-state index contributed by atoms with van der Waals surface area (Å²) in [6, 6.07) is 16.1. The van der Waals surface area contributed by atoms with Gasteiger partial charge in [0.05, 0.1) is 23.6 Å². The van der Waals surface area contributed by atoms with Crippen LogP contribution in [0.3, 0.4) is 0 Å². The summed E-state index contributed by atoms with van der Waals surface area (Å²) in [6.07, 6.45) is 5.02. The largest absolute Gasteiger partial charge is 0.379 e. The van der Waals surface area contributed by atoms with Crippen LogP contribution in [0.25, 0.3) is 11.4 Å². The fraction of sp³-hybridized carbons (Fsp3) is 0.0556. The standard InChI is InChI=1S/C18H15FN6/c19-14-1-5-17(6-2-14)24-10-9-16(23-24)11-21-15-3-7-18(8-4-15)25-13-20-12-22-25/h1-10,12-13,21H,11H2. The summed E-state index contributed by atoms with van der Waals surface area (Å²) < 4.78 is 16.4. The number of benzene rings is 2. The third kappa shape index (κ3) is 3.40. The van der Waals surface area contributed by atoms with Crippen molar-refractivity contribution in [2.45, 2.75) is 6.54 Å². The Labute approximate surface area is 143 Å². The molecular weight excluding hydrogens is 319 g/mol. The second-order valence-corrected chi connectivity index (χ2v) is 5.47. The molecule has 25 heavy (non-hydrogen) atoms. The van der Waals surface area contributed by atoms with Crippen molar-refractivity contribution in [1.82, 2.24) is 24.5 Å². The van der Waals surface area contributed by atoms with Crippen LogP contribution in [0.5, 0.6) is 0 Å². The number of hydrogen-bond acceptors (Lipinski definition) is 4. The molecule has 0 aliphatic carbocycles. The van der Waals surface area contributed by atoms with Gasteiger partial charge in [-0.3, -0.25) is 0 Å². The van der Waals surface area contributed by atoms with E-state index in [4.69, 9.17) is 0 Å². The molecule has 0 bridgehead atoms. The predicted molar refractivity (Wildman–Crippen MR) is 92.2 cm³/mol. The summed E-state index contributed by atoms with van der Waals surface area (Å²) in [5.74, 6) is -0.257. The van der Waals surface area contributed by atoms with E-state index in [2.05, 4.69) is 20.5 Å². The minimum absolute atomic E-state index is 0.257. The van der Waals surface area contributed by atoms with E-state index in [-0.39, 0.29) is 5.82 Å². The minimum atomic E-state index is -0.257. The molecule has 0 saturated heterocycles. The molecule has 1 N–H and O–H groups in total. The van der Waals surface area contributed by atoms with Gasteiger partial charge in [-0.05, 0) is 54.6 Å². The summed E-state index contributed by atoms with van der Waals surface area (Å²) >= 11 is 0. The van der Waals surface area contributed by atoms with E-state index >= 15 is 0 Å². The van der Waals surface area contributed by atoms with Crippen molar-refractivity contribution in [2.24, 2.45) is 0 Å². The van der Waals surface area contributed by atoms with Crippen molar-refractivity contribution < 1.29 is 4.39 Å². The van der Waals surface area contributed by atoms with Crippen LogP contribution in [-0.2, 0) is 6.54 Å². The molecule has 2 aromatic heterocycles. The fourth-order valence-corrected chi connectivity index (χ4v) is 2.46. The molecule has 0 aliphatic rings. The van der Waals surface area contributed by atoms with Gasteiger partial charge < -0.3 is 5.32 Å². The first-order valence-electron chi connectivity index (χ1n) is 7.77. The Morgan fingerprint density at radius 2 is 1.60 bits per heavy atom. The van der Waals surface area contributed by atoms with Gasteiger partial charge in [0, 0.05) is 11.9 Å². The van der Waals surface area contributed by atoms with E-state index in [9.17, 15) is 4.39 Å². The summed E-state index contributed by atoms with van der Waals surface area (Å²) in [5, 5.41) is 11.9. The molecule has 2 heterocycles. The maximum atomic E-state index is 13.0. The molecular formula is C18H15FN6. The number of nitrogens with zero attached hydrogens (tertiary/aromatic N) is 5. The third-order valence-electron chi connectivity index (χ3n) is 3.76. The van der Waals surface area contributed by atoms with E-state index in [1.165, 1.54) is 18.5 Å². The first-order chi connectivity index (χ1) is 12.3. The summed E-state index contributed by atoms with van der Waals surface area (Å²) in [7, 11) is 0. The van der Waals surface area contributed by atoms with Crippen LogP contribution in [0.2, 0.25) is 0 Å². The van der Waals surface area contributed by atoms with Gasteiger partial charge in [0.2, 0.25) is 0 Å². The van der Waals surface area contributed by atoms with Crippen molar-refractivity contribution >= 4 is 5.69 Å². The highest BCUT2D eigenvalue weighted by molar-refractivity contribution is 5.48. The van der Waals surface area contributed by atoms with E-state index in [0.29, 0.717) is 6.54 Å². The smallest absolute Gasteiger partial charge is 0.138 e. The Hall–Kier alpha value is -3.48. The summed E-state index contributed by atoms with van der Waals surface area (Å²) in [5.41, 5.74) is 3.65. The van der Waals surface area contributed by atoms with E-state index in [1.807, 2.05) is 36.5 Å². The second-order valence-electron chi connectivity index (χ2n) is 5.47. The lowest BCUT2D eigenvalue weighted by Gasteiger charge is -2.06. The zero-order chi connectivity index (χ0) is 17.1. The highest BCUT2D eigenvalue weighted by atomic mass is 19.1. The first-order valence-corrected chi connectivity index (χ1v) is 7.77. The zero-order valence-corrected chi connectivity index (χ0v) is 13.2. The van der Waals surface area contributed by atoms with Gasteiger partial charge in [-0.15, -0.1) is 0 Å². The fourth-order valence-electron chi connectivity index (χ4n) is 2.46. The highest BCUT2D eigenvalue weighted by Gasteiger charge is 2.03. The van der Waals surface area contributed by atoms with Crippen molar-refractivity contribution in [3.8, 4) is 11.4 Å². The average Bonchev–Trinajstić information content (AvgIpc) is 3.33. The zero-order valence-electron chi connectivity index (χ0n) is 13.2. The topological polar surface area (TPSA) is 60.6 Å². The number of nitrogens with one attached hydrogen (secondary N) is 1. The van der Waals surface area contributed by atoms with Gasteiger partial charge >= 0.3 is 0 Å². The van der Waals surface area contributed by atoms with Gasteiger partial charge in [0.25, 0.3) is 0 Å². The van der Waals surface area contributed by atoms with E-state index < -0.39 is 0 Å². The highest BCUT2D eigenvalue weighted by Crippen LogP contribution is 2.14. The van der Waals surface area contributed by atoms with Gasteiger partial charge in [-0.25, -0.2) is 18.7 Å². The number of aromatic nitrogens is 5. The number of rotatable bonds is 5. The first kappa shape index (κ1) is 15.1. The van der Waals surface area contributed by atoms with Crippen LogP contribution >= 0.6 is 0 Å². The molecule has 0 aliphatic heterocycles. The van der Waals surface area contributed by atoms with Gasteiger partial charge in [0.15, 0.2) is 0 Å². The molecule has 7 heteroatoms. The SMILES string of the molecule is Fc1ccc(-n2ccc(CNc3ccc(-n4cncn4)cc3)n2)cc1. The molecule has 0 atom stereocenters. The number of halogens is 1. The third-order valence-corrected chi connectivity index (χ3v) is 3.76. The Morgan fingerprint density at radius 1 is 0.880 bits per heavy atom. The number of hydrogen-bond donors (Lipinski definition) is 1. The van der Waals surface area contributed by atoms with E-state index in [0.717, 1.165) is 22.8 Å². The van der Waals surface area contributed by atoms with Gasteiger partial charge in [-0.2, -0.15) is 10.2 Å². The molecule has 124 valence electrons. The molecule has 2 aromatic carbocycles. The molecule has 0 saturated carbocycles. The van der Waals surface area contributed by atoms with Gasteiger partial charge in [0.1, 0.15) is 18.5 Å². The predicted octanol–water partition coefficient (Wildman–Crippen LogP) is 3.20. The van der Waals surface area contributed by atoms with Crippen molar-refractivity contribution in [3.63, 3.8) is 0 Å². The van der Waals surface area contributed by atoms with Crippen LogP contribution < -0.4 is 5.32 Å². The van der Waals surface area contributed by atoms with Crippen molar-refractivity contribution in [2.75, 3.05) is 5.32 Å². The molecule has 0 unspecified atom stereocenters. The molecule has 0 radical (unpaired) electrons. The molecule has 0 amide bonds. The van der Waals surface area contributed by atoms with Crippen molar-refractivity contribution in [3.05, 3.63) is 85.0 Å². The number of anilines is 1.